The monoisotopic (exact) mass is 305 g/mol. The molecule has 0 aliphatic carbocycles. The van der Waals surface area contributed by atoms with E-state index < -0.39 is 0 Å². The van der Waals surface area contributed by atoms with Crippen molar-refractivity contribution < 1.29 is 4.39 Å². The summed E-state index contributed by atoms with van der Waals surface area (Å²) in [5.41, 5.74) is 1.58. The highest BCUT2D eigenvalue weighted by atomic mass is 19.1. The molecule has 2 aromatic rings. The van der Waals surface area contributed by atoms with Gasteiger partial charge in [-0.1, -0.05) is 13.8 Å². The Kier molecular flexibility index (Phi) is 6.03. The summed E-state index contributed by atoms with van der Waals surface area (Å²) >= 11 is 0. The molecule has 0 radical (unpaired) electrons. The van der Waals surface area contributed by atoms with Crippen molar-refractivity contribution in [2.24, 2.45) is 0 Å². The first-order valence-corrected chi connectivity index (χ1v) is 7.82. The summed E-state index contributed by atoms with van der Waals surface area (Å²) in [7, 11) is 0. The van der Waals surface area contributed by atoms with Gasteiger partial charge >= 0.3 is 0 Å². The molecule has 120 valence electrons. The minimum absolute atomic E-state index is 0.256. The van der Waals surface area contributed by atoms with Gasteiger partial charge in [0.25, 0.3) is 0 Å². The summed E-state index contributed by atoms with van der Waals surface area (Å²) in [6.45, 7) is 10.6. The summed E-state index contributed by atoms with van der Waals surface area (Å²) in [5, 5.41) is 10.4. The van der Waals surface area contributed by atoms with Crippen LogP contribution in [0.1, 0.15) is 25.2 Å². The summed E-state index contributed by atoms with van der Waals surface area (Å²) in [5.74, 6) is 1.12. The first kappa shape index (κ1) is 16.6. The lowest BCUT2D eigenvalue weighted by atomic mass is 10.1. The number of benzene rings is 1. The van der Waals surface area contributed by atoms with Gasteiger partial charge in [0.2, 0.25) is 0 Å². The minimum atomic E-state index is -0.256. The third-order valence-corrected chi connectivity index (χ3v) is 3.42. The zero-order valence-corrected chi connectivity index (χ0v) is 13.5. The number of hydrogen-bond donors (Lipinski definition) is 2. The Morgan fingerprint density at radius 1 is 1.18 bits per heavy atom. The summed E-state index contributed by atoms with van der Waals surface area (Å²) in [4.78, 5) is 6.78. The van der Waals surface area contributed by atoms with E-state index in [4.69, 9.17) is 0 Å². The molecule has 0 spiro atoms. The molecule has 1 saturated heterocycles. The summed E-state index contributed by atoms with van der Waals surface area (Å²) < 4.78 is 13.4. The van der Waals surface area contributed by atoms with Crippen molar-refractivity contribution in [3.05, 3.63) is 35.4 Å². The largest absolute Gasteiger partial charge is 0.314 e. The van der Waals surface area contributed by atoms with E-state index in [1.165, 1.54) is 12.1 Å². The SMILES string of the molecule is CC.Cc1cc(F)cc(-c2n[nH]c(CN3CCNCC3)n2)c1. The smallest absolute Gasteiger partial charge is 0.181 e. The molecule has 5 nitrogen and oxygen atoms in total. The average molecular weight is 305 g/mol. The van der Waals surface area contributed by atoms with Crippen LogP contribution in [0, 0.1) is 12.7 Å². The van der Waals surface area contributed by atoms with Crippen LogP contribution in [0.3, 0.4) is 0 Å². The van der Waals surface area contributed by atoms with Gasteiger partial charge < -0.3 is 5.32 Å². The van der Waals surface area contributed by atoms with Crippen LogP contribution in [0.5, 0.6) is 0 Å². The van der Waals surface area contributed by atoms with Gasteiger partial charge in [0.15, 0.2) is 5.82 Å². The van der Waals surface area contributed by atoms with Gasteiger partial charge in [-0.3, -0.25) is 10.00 Å². The number of halogens is 1. The van der Waals surface area contributed by atoms with Crippen LogP contribution in [0.2, 0.25) is 0 Å². The average Bonchev–Trinajstić information content (AvgIpc) is 2.98. The molecule has 2 N–H and O–H groups in total. The van der Waals surface area contributed by atoms with Crippen LogP contribution in [0.15, 0.2) is 18.2 Å². The number of aromatic nitrogens is 3. The van der Waals surface area contributed by atoms with Gasteiger partial charge in [0, 0.05) is 31.7 Å². The second kappa shape index (κ2) is 8.00. The molecular weight excluding hydrogens is 281 g/mol. The quantitative estimate of drug-likeness (QED) is 0.914. The third kappa shape index (κ3) is 4.35. The molecule has 22 heavy (non-hydrogen) atoms. The lowest BCUT2D eigenvalue weighted by molar-refractivity contribution is 0.228. The van der Waals surface area contributed by atoms with Crippen molar-refractivity contribution in [2.45, 2.75) is 27.3 Å². The van der Waals surface area contributed by atoms with Crippen LogP contribution < -0.4 is 5.32 Å². The molecule has 3 rings (SSSR count). The van der Waals surface area contributed by atoms with E-state index >= 15 is 0 Å². The van der Waals surface area contributed by atoms with E-state index in [-0.39, 0.29) is 5.82 Å². The zero-order chi connectivity index (χ0) is 15.9. The predicted molar refractivity (Wildman–Crippen MR) is 86.0 cm³/mol. The van der Waals surface area contributed by atoms with Crippen molar-refractivity contribution in [2.75, 3.05) is 26.2 Å². The van der Waals surface area contributed by atoms with Gasteiger partial charge in [-0.15, -0.1) is 0 Å². The number of rotatable bonds is 3. The number of nitrogens with zero attached hydrogens (tertiary/aromatic N) is 3. The van der Waals surface area contributed by atoms with Crippen LogP contribution in [0.25, 0.3) is 11.4 Å². The molecule has 6 heteroatoms. The Morgan fingerprint density at radius 2 is 1.91 bits per heavy atom. The highest BCUT2D eigenvalue weighted by molar-refractivity contribution is 5.55. The molecule has 1 aromatic heterocycles. The van der Waals surface area contributed by atoms with E-state index in [0.29, 0.717) is 11.4 Å². The van der Waals surface area contributed by atoms with Crippen LogP contribution in [-0.4, -0.2) is 46.3 Å². The molecule has 0 atom stereocenters. The van der Waals surface area contributed by atoms with Crippen LogP contribution in [0.4, 0.5) is 4.39 Å². The topological polar surface area (TPSA) is 56.8 Å². The predicted octanol–water partition coefficient (Wildman–Crippen LogP) is 2.35. The van der Waals surface area contributed by atoms with Crippen molar-refractivity contribution in [3.8, 4) is 11.4 Å². The van der Waals surface area contributed by atoms with Gasteiger partial charge in [-0.2, -0.15) is 5.10 Å². The maximum absolute atomic E-state index is 13.4. The lowest BCUT2D eigenvalue weighted by Crippen LogP contribution is -2.43. The number of aromatic amines is 1. The first-order chi connectivity index (χ1) is 10.7. The fourth-order valence-corrected chi connectivity index (χ4v) is 2.44. The third-order valence-electron chi connectivity index (χ3n) is 3.42. The molecule has 0 amide bonds. The highest BCUT2D eigenvalue weighted by Crippen LogP contribution is 2.18. The number of aryl methyl sites for hydroxylation is 1. The molecule has 2 heterocycles. The van der Waals surface area contributed by atoms with Crippen LogP contribution >= 0.6 is 0 Å². The fourth-order valence-electron chi connectivity index (χ4n) is 2.44. The second-order valence-corrected chi connectivity index (χ2v) is 5.15. The summed E-state index contributed by atoms with van der Waals surface area (Å²) in [6, 6.07) is 4.85. The van der Waals surface area contributed by atoms with E-state index in [2.05, 4.69) is 25.4 Å². The molecule has 1 aromatic carbocycles. The van der Waals surface area contributed by atoms with Gasteiger partial charge in [-0.05, 0) is 30.7 Å². The molecular formula is C16H24FN5. The Balaban J connectivity index is 0.000000847. The molecule has 1 aliphatic heterocycles. The van der Waals surface area contributed by atoms with Gasteiger partial charge in [-0.25, -0.2) is 9.37 Å². The van der Waals surface area contributed by atoms with Crippen molar-refractivity contribution in [1.29, 1.82) is 0 Å². The lowest BCUT2D eigenvalue weighted by Gasteiger charge is -2.25. The van der Waals surface area contributed by atoms with E-state index in [1.807, 2.05) is 26.8 Å². The normalized spacial score (nSPS) is 15.3. The molecule has 0 bridgehead atoms. The highest BCUT2D eigenvalue weighted by Gasteiger charge is 2.13. The van der Waals surface area contributed by atoms with Crippen LogP contribution in [-0.2, 0) is 6.54 Å². The number of H-pyrrole nitrogens is 1. The number of nitrogens with one attached hydrogen (secondary N) is 2. The maximum atomic E-state index is 13.4. The van der Waals surface area contributed by atoms with Crippen molar-refractivity contribution in [1.82, 2.24) is 25.4 Å². The zero-order valence-electron chi connectivity index (χ0n) is 13.5. The minimum Gasteiger partial charge on any atom is -0.314 e. The Morgan fingerprint density at radius 3 is 2.59 bits per heavy atom. The molecule has 0 saturated carbocycles. The molecule has 1 aliphatic rings. The van der Waals surface area contributed by atoms with Crippen molar-refractivity contribution >= 4 is 0 Å². The summed E-state index contributed by atoms with van der Waals surface area (Å²) in [6.07, 6.45) is 0. The van der Waals surface area contributed by atoms with E-state index in [9.17, 15) is 4.39 Å². The fraction of sp³-hybridized carbons (Fsp3) is 0.500. The standard InChI is InChI=1S/C14H18FN5.C2H6/c1-10-6-11(8-12(15)7-10)14-17-13(18-19-14)9-20-4-2-16-3-5-20;1-2/h6-8,16H,2-5,9H2,1H3,(H,17,18,19);1-2H3. The Hall–Kier alpha value is -1.79. The Labute approximate surface area is 131 Å². The number of piperazine rings is 1. The Bertz CT molecular complexity index is 570. The molecule has 1 fully saturated rings. The molecule has 0 unspecified atom stereocenters. The van der Waals surface area contributed by atoms with Gasteiger partial charge in [0.05, 0.1) is 6.54 Å². The van der Waals surface area contributed by atoms with Gasteiger partial charge in [0.1, 0.15) is 11.6 Å². The maximum Gasteiger partial charge on any atom is 0.181 e. The van der Waals surface area contributed by atoms with Crippen molar-refractivity contribution in [3.63, 3.8) is 0 Å². The van der Waals surface area contributed by atoms with E-state index in [1.54, 1.807) is 0 Å². The number of hydrogen-bond acceptors (Lipinski definition) is 4. The second-order valence-electron chi connectivity index (χ2n) is 5.15. The van der Waals surface area contributed by atoms with E-state index in [0.717, 1.165) is 44.1 Å². The first-order valence-electron chi connectivity index (χ1n) is 7.82.